The van der Waals surface area contributed by atoms with Gasteiger partial charge >= 0.3 is 6.03 Å². The van der Waals surface area contributed by atoms with Crippen molar-refractivity contribution in [1.82, 2.24) is 10.2 Å². The lowest BCUT2D eigenvalue weighted by molar-refractivity contribution is -0.0208. The van der Waals surface area contributed by atoms with E-state index in [1.54, 1.807) is 0 Å². The zero-order chi connectivity index (χ0) is 16.8. The van der Waals surface area contributed by atoms with Crippen LogP contribution in [-0.2, 0) is 11.3 Å². The standard InChI is InChI=1S/C19H23N3O2/c1-22-10-11-24-18(14-22)16-8-5-9-17(12-16)21-19(23)20-13-15-6-3-2-4-7-15/h2-9,12,18H,10-11,13-14H2,1H3,(H2,20,21,23). The topological polar surface area (TPSA) is 53.6 Å². The van der Waals surface area contributed by atoms with Crippen molar-refractivity contribution in [2.45, 2.75) is 12.6 Å². The number of likely N-dealkylation sites (N-methyl/N-ethyl adjacent to an activating group) is 1. The summed E-state index contributed by atoms with van der Waals surface area (Å²) in [6.07, 6.45) is 0.0536. The number of hydrogen-bond donors (Lipinski definition) is 2. The van der Waals surface area contributed by atoms with Crippen molar-refractivity contribution in [2.24, 2.45) is 0 Å². The molecule has 0 saturated carbocycles. The maximum Gasteiger partial charge on any atom is 0.319 e. The summed E-state index contributed by atoms with van der Waals surface area (Å²) in [6.45, 7) is 3.05. The van der Waals surface area contributed by atoms with Crippen LogP contribution in [0.2, 0.25) is 0 Å². The quantitative estimate of drug-likeness (QED) is 0.908. The zero-order valence-electron chi connectivity index (χ0n) is 13.9. The molecule has 0 spiro atoms. The predicted octanol–water partition coefficient (Wildman–Crippen LogP) is 3.01. The summed E-state index contributed by atoms with van der Waals surface area (Å²) in [7, 11) is 2.09. The fourth-order valence-electron chi connectivity index (χ4n) is 2.75. The Kier molecular flexibility index (Phi) is 5.46. The highest BCUT2D eigenvalue weighted by Gasteiger charge is 2.19. The van der Waals surface area contributed by atoms with E-state index in [2.05, 4.69) is 22.6 Å². The van der Waals surface area contributed by atoms with Gasteiger partial charge in [-0.15, -0.1) is 0 Å². The summed E-state index contributed by atoms with van der Waals surface area (Å²) in [4.78, 5) is 14.3. The Morgan fingerprint density at radius 1 is 1.21 bits per heavy atom. The van der Waals surface area contributed by atoms with Crippen LogP contribution < -0.4 is 10.6 Å². The number of nitrogens with zero attached hydrogens (tertiary/aromatic N) is 1. The van der Waals surface area contributed by atoms with Crippen molar-refractivity contribution in [3.8, 4) is 0 Å². The molecule has 1 heterocycles. The Labute approximate surface area is 142 Å². The van der Waals surface area contributed by atoms with Crippen LogP contribution in [0.15, 0.2) is 54.6 Å². The summed E-state index contributed by atoms with van der Waals surface area (Å²) in [5, 5.41) is 5.75. The Morgan fingerprint density at radius 3 is 2.83 bits per heavy atom. The number of ether oxygens (including phenoxy) is 1. The first-order valence-electron chi connectivity index (χ1n) is 8.19. The Morgan fingerprint density at radius 2 is 2.04 bits per heavy atom. The van der Waals surface area contributed by atoms with Gasteiger partial charge in [0.15, 0.2) is 0 Å². The molecule has 0 aromatic heterocycles. The van der Waals surface area contributed by atoms with Gasteiger partial charge in [0.2, 0.25) is 0 Å². The van der Waals surface area contributed by atoms with E-state index < -0.39 is 0 Å². The fourth-order valence-corrected chi connectivity index (χ4v) is 2.75. The third-order valence-corrected chi connectivity index (χ3v) is 4.08. The van der Waals surface area contributed by atoms with Crippen molar-refractivity contribution in [3.63, 3.8) is 0 Å². The van der Waals surface area contributed by atoms with Crippen molar-refractivity contribution in [2.75, 3.05) is 32.1 Å². The lowest BCUT2D eigenvalue weighted by Crippen LogP contribution is -2.35. The van der Waals surface area contributed by atoms with Gasteiger partial charge in [-0.2, -0.15) is 0 Å². The Balaban J connectivity index is 1.57. The molecule has 0 bridgehead atoms. The average molecular weight is 325 g/mol. The van der Waals surface area contributed by atoms with Crippen LogP contribution in [0.25, 0.3) is 0 Å². The molecule has 2 aromatic carbocycles. The van der Waals surface area contributed by atoms with Crippen LogP contribution in [0, 0.1) is 0 Å². The number of anilines is 1. The molecular weight excluding hydrogens is 302 g/mol. The van der Waals surface area contributed by atoms with E-state index in [9.17, 15) is 4.79 Å². The van der Waals surface area contributed by atoms with Crippen molar-refractivity contribution in [1.29, 1.82) is 0 Å². The van der Waals surface area contributed by atoms with Gasteiger partial charge in [-0.05, 0) is 30.3 Å². The molecule has 2 N–H and O–H groups in total. The van der Waals surface area contributed by atoms with E-state index in [1.165, 1.54) is 0 Å². The van der Waals surface area contributed by atoms with Gasteiger partial charge < -0.3 is 20.3 Å². The minimum absolute atomic E-state index is 0.0536. The number of carbonyl (C=O) groups is 1. The van der Waals surface area contributed by atoms with Crippen molar-refractivity contribution >= 4 is 11.7 Å². The summed E-state index contributed by atoms with van der Waals surface area (Å²) in [5.74, 6) is 0. The average Bonchev–Trinajstić information content (AvgIpc) is 2.61. The zero-order valence-corrected chi connectivity index (χ0v) is 13.9. The predicted molar refractivity (Wildman–Crippen MR) is 94.9 cm³/mol. The highest BCUT2D eigenvalue weighted by molar-refractivity contribution is 5.89. The Bertz CT molecular complexity index is 675. The van der Waals surface area contributed by atoms with Gasteiger partial charge in [-0.25, -0.2) is 4.79 Å². The van der Waals surface area contributed by atoms with E-state index in [-0.39, 0.29) is 12.1 Å². The summed E-state index contributed by atoms with van der Waals surface area (Å²) >= 11 is 0. The maximum atomic E-state index is 12.1. The number of amides is 2. The second-order valence-corrected chi connectivity index (χ2v) is 6.04. The van der Waals surface area contributed by atoms with E-state index in [0.29, 0.717) is 6.54 Å². The van der Waals surface area contributed by atoms with E-state index in [4.69, 9.17) is 4.74 Å². The number of rotatable bonds is 4. The normalized spacial score (nSPS) is 18.1. The molecule has 1 saturated heterocycles. The lowest BCUT2D eigenvalue weighted by atomic mass is 10.1. The molecule has 1 aliphatic rings. The largest absolute Gasteiger partial charge is 0.371 e. The molecule has 3 rings (SSSR count). The van der Waals surface area contributed by atoms with E-state index in [0.717, 1.165) is 36.5 Å². The first kappa shape index (κ1) is 16.5. The first-order chi connectivity index (χ1) is 11.7. The Hall–Kier alpha value is -2.37. The number of morpholine rings is 1. The second-order valence-electron chi connectivity index (χ2n) is 6.04. The van der Waals surface area contributed by atoms with Crippen LogP contribution in [0.1, 0.15) is 17.2 Å². The number of benzene rings is 2. The molecule has 1 aliphatic heterocycles. The van der Waals surface area contributed by atoms with Crippen LogP contribution in [0.4, 0.5) is 10.5 Å². The molecule has 5 nitrogen and oxygen atoms in total. The van der Waals surface area contributed by atoms with Crippen molar-refractivity contribution in [3.05, 3.63) is 65.7 Å². The van der Waals surface area contributed by atoms with Crippen LogP contribution in [0.5, 0.6) is 0 Å². The molecule has 1 fully saturated rings. The molecule has 1 atom stereocenters. The number of hydrogen-bond acceptors (Lipinski definition) is 3. The number of urea groups is 1. The number of nitrogens with one attached hydrogen (secondary N) is 2. The van der Waals surface area contributed by atoms with Gasteiger partial charge in [-0.1, -0.05) is 42.5 Å². The SMILES string of the molecule is CN1CCOC(c2cccc(NC(=O)NCc3ccccc3)c2)C1. The third kappa shape index (κ3) is 4.57. The van der Waals surface area contributed by atoms with Gasteiger partial charge in [0.1, 0.15) is 0 Å². The molecule has 2 amide bonds. The molecule has 24 heavy (non-hydrogen) atoms. The number of carbonyl (C=O) groups excluding carboxylic acids is 1. The highest BCUT2D eigenvalue weighted by atomic mass is 16.5. The van der Waals surface area contributed by atoms with E-state index in [1.807, 2.05) is 54.6 Å². The van der Waals surface area contributed by atoms with Gasteiger partial charge in [0, 0.05) is 25.3 Å². The van der Waals surface area contributed by atoms with Gasteiger partial charge in [0.25, 0.3) is 0 Å². The van der Waals surface area contributed by atoms with Crippen LogP contribution >= 0.6 is 0 Å². The molecule has 0 aliphatic carbocycles. The molecule has 0 radical (unpaired) electrons. The fraction of sp³-hybridized carbons (Fsp3) is 0.316. The molecule has 5 heteroatoms. The van der Waals surface area contributed by atoms with Gasteiger partial charge in [0.05, 0.1) is 12.7 Å². The van der Waals surface area contributed by atoms with Gasteiger partial charge in [-0.3, -0.25) is 0 Å². The molecular formula is C19H23N3O2. The monoisotopic (exact) mass is 325 g/mol. The van der Waals surface area contributed by atoms with Crippen LogP contribution in [0.3, 0.4) is 0 Å². The maximum absolute atomic E-state index is 12.1. The molecule has 126 valence electrons. The molecule has 2 aromatic rings. The minimum Gasteiger partial charge on any atom is -0.371 e. The smallest absolute Gasteiger partial charge is 0.319 e. The first-order valence-corrected chi connectivity index (χ1v) is 8.19. The third-order valence-electron chi connectivity index (χ3n) is 4.08. The summed E-state index contributed by atoms with van der Waals surface area (Å²) in [5.41, 5.74) is 2.93. The highest BCUT2D eigenvalue weighted by Crippen LogP contribution is 2.23. The van der Waals surface area contributed by atoms with E-state index >= 15 is 0 Å². The minimum atomic E-state index is -0.210. The second kappa shape index (κ2) is 7.95. The summed E-state index contributed by atoms with van der Waals surface area (Å²) < 4.78 is 5.83. The lowest BCUT2D eigenvalue weighted by Gasteiger charge is -2.30. The molecule has 1 unspecified atom stereocenters. The summed E-state index contributed by atoms with van der Waals surface area (Å²) in [6, 6.07) is 17.5. The van der Waals surface area contributed by atoms with Crippen molar-refractivity contribution < 1.29 is 9.53 Å². The van der Waals surface area contributed by atoms with Crippen LogP contribution in [-0.4, -0.2) is 37.7 Å².